The van der Waals surface area contributed by atoms with Crippen molar-refractivity contribution in [2.24, 2.45) is 14.1 Å². The molecule has 0 N–H and O–H groups in total. The third-order valence-electron chi connectivity index (χ3n) is 11.4. The zero-order chi connectivity index (χ0) is 35.7. The molecule has 0 atom stereocenters. The largest absolute Gasteiger partial charge is 0.342 e. The van der Waals surface area contributed by atoms with Crippen LogP contribution >= 0.6 is 23.5 Å². The molecule has 2 aliphatic rings. The Kier molecular flexibility index (Phi) is 6.31. The van der Waals surface area contributed by atoms with E-state index in [-0.39, 0.29) is 0 Å². The van der Waals surface area contributed by atoms with Crippen LogP contribution < -0.4 is 9.80 Å². The van der Waals surface area contributed by atoms with E-state index >= 15 is 0 Å². The summed E-state index contributed by atoms with van der Waals surface area (Å²) in [6, 6.07) is 58.1. The van der Waals surface area contributed by atoms with E-state index in [0.29, 0.717) is 0 Å². The van der Waals surface area contributed by atoms with Gasteiger partial charge in [0.25, 0.3) is 0 Å². The molecule has 12 rings (SSSR count). The van der Waals surface area contributed by atoms with Crippen LogP contribution in [0.5, 0.6) is 0 Å². The fourth-order valence-electron chi connectivity index (χ4n) is 9.11. The molecule has 4 heterocycles. The molecule has 0 bridgehead atoms. The van der Waals surface area contributed by atoms with E-state index in [9.17, 15) is 0 Å². The summed E-state index contributed by atoms with van der Waals surface area (Å²) >= 11 is 3.70. The number of benzene rings is 8. The van der Waals surface area contributed by atoms with Crippen molar-refractivity contribution < 1.29 is 0 Å². The maximum absolute atomic E-state index is 2.44. The lowest BCUT2D eigenvalue weighted by Gasteiger charge is -2.32. The van der Waals surface area contributed by atoms with Crippen LogP contribution in [0.25, 0.3) is 54.4 Å². The standard InChI is InChI=1S/C48H32N4S2/c1-49-39-27-29(51-35-15-5-9-19-41(35)53-42-20-10-6-16-36(42)51)23-25-33(39)45-31-13-3-4-14-32(31)46-34-26-24-30(28-40(34)50(2)48(46)47(45)49)52-37-17-7-11-21-43(37)54-44-22-12-8-18-38(44)52/h3-28H,1-2H3. The molecule has 6 heteroatoms. The molecule has 4 nitrogen and oxygen atoms in total. The lowest BCUT2D eigenvalue weighted by atomic mass is 9.98. The van der Waals surface area contributed by atoms with Crippen LogP contribution in [0.4, 0.5) is 34.1 Å². The van der Waals surface area contributed by atoms with Gasteiger partial charge in [0.1, 0.15) is 0 Å². The quantitative estimate of drug-likeness (QED) is 0.176. The fraction of sp³-hybridized carbons (Fsp3) is 0.0417. The Hall–Kier alpha value is -6.08. The zero-order valence-corrected chi connectivity index (χ0v) is 31.2. The maximum atomic E-state index is 2.44. The Morgan fingerprint density at radius 3 is 1.06 bits per heavy atom. The van der Waals surface area contributed by atoms with E-state index in [0.717, 1.165) is 11.4 Å². The summed E-state index contributed by atoms with van der Waals surface area (Å²) in [6.45, 7) is 0. The molecule has 10 aromatic rings. The van der Waals surface area contributed by atoms with Gasteiger partial charge in [-0.05, 0) is 83.6 Å². The van der Waals surface area contributed by atoms with Gasteiger partial charge in [0.2, 0.25) is 0 Å². The molecule has 54 heavy (non-hydrogen) atoms. The van der Waals surface area contributed by atoms with Crippen molar-refractivity contribution in [3.8, 4) is 0 Å². The third-order valence-corrected chi connectivity index (χ3v) is 13.7. The first-order chi connectivity index (χ1) is 26.6. The summed E-state index contributed by atoms with van der Waals surface area (Å²) in [5.41, 5.74) is 12.2. The zero-order valence-electron chi connectivity index (χ0n) is 29.6. The van der Waals surface area contributed by atoms with Crippen molar-refractivity contribution >= 4 is 112 Å². The first-order valence-electron chi connectivity index (χ1n) is 18.3. The number of rotatable bonds is 2. The predicted molar refractivity (Wildman–Crippen MR) is 230 cm³/mol. The average molecular weight is 729 g/mol. The summed E-state index contributed by atoms with van der Waals surface area (Å²) in [4.78, 5) is 9.94. The number of nitrogens with zero attached hydrogens (tertiary/aromatic N) is 4. The Labute approximate surface area is 320 Å². The molecular weight excluding hydrogens is 697 g/mol. The van der Waals surface area contributed by atoms with Crippen LogP contribution in [0.1, 0.15) is 0 Å². The van der Waals surface area contributed by atoms with Gasteiger partial charge in [-0.15, -0.1) is 0 Å². The van der Waals surface area contributed by atoms with Crippen LogP contribution in [-0.4, -0.2) is 9.13 Å². The van der Waals surface area contributed by atoms with Crippen LogP contribution in [0.3, 0.4) is 0 Å². The van der Waals surface area contributed by atoms with Gasteiger partial charge in [0.05, 0.1) is 44.8 Å². The lowest BCUT2D eigenvalue weighted by Crippen LogP contribution is -2.14. The minimum atomic E-state index is 1.16. The van der Waals surface area contributed by atoms with Gasteiger partial charge >= 0.3 is 0 Å². The maximum Gasteiger partial charge on any atom is 0.0742 e. The summed E-state index contributed by atoms with van der Waals surface area (Å²) < 4.78 is 4.88. The monoisotopic (exact) mass is 728 g/mol. The highest BCUT2D eigenvalue weighted by atomic mass is 32.2. The number of para-hydroxylation sites is 4. The van der Waals surface area contributed by atoms with Gasteiger partial charge in [-0.2, -0.15) is 0 Å². The number of fused-ring (bicyclic) bond motifs is 14. The molecular formula is C48H32N4S2. The molecule has 256 valence electrons. The first kappa shape index (κ1) is 30.4. The van der Waals surface area contributed by atoms with Crippen molar-refractivity contribution in [2.75, 3.05) is 9.80 Å². The highest BCUT2D eigenvalue weighted by Crippen LogP contribution is 2.54. The van der Waals surface area contributed by atoms with Gasteiger partial charge in [0.15, 0.2) is 0 Å². The number of aryl methyl sites for hydroxylation is 2. The molecule has 0 saturated carbocycles. The summed E-state index contributed by atoms with van der Waals surface area (Å²) in [6.07, 6.45) is 0. The second kappa shape index (κ2) is 11.2. The molecule has 0 unspecified atom stereocenters. The SMILES string of the molecule is Cn1c2cc(N3c4ccccc4Sc4ccccc43)ccc2c2c3ccccc3c3c4ccc(N5c6ccccc6Sc6ccccc65)cc4n(C)c3c21. The first-order valence-corrected chi connectivity index (χ1v) is 19.9. The van der Waals surface area contributed by atoms with Gasteiger partial charge in [0, 0.05) is 66.6 Å². The van der Waals surface area contributed by atoms with Gasteiger partial charge in [-0.3, -0.25) is 0 Å². The third kappa shape index (κ3) is 4.07. The minimum Gasteiger partial charge on any atom is -0.342 e. The minimum absolute atomic E-state index is 1.16. The lowest BCUT2D eigenvalue weighted by molar-refractivity contribution is 0.986. The van der Waals surface area contributed by atoms with Crippen molar-refractivity contribution in [2.45, 2.75) is 19.6 Å². The second-order valence-electron chi connectivity index (χ2n) is 14.3. The number of anilines is 6. The van der Waals surface area contributed by atoms with Crippen LogP contribution in [0.2, 0.25) is 0 Å². The average Bonchev–Trinajstić information content (AvgIpc) is 3.68. The van der Waals surface area contributed by atoms with E-state index < -0.39 is 0 Å². The molecule has 0 aliphatic carbocycles. The molecule has 2 aromatic heterocycles. The number of hydrogen-bond acceptors (Lipinski definition) is 4. The summed E-state index contributed by atoms with van der Waals surface area (Å²) in [5, 5.41) is 7.73. The smallest absolute Gasteiger partial charge is 0.0742 e. The molecule has 0 radical (unpaired) electrons. The van der Waals surface area contributed by atoms with Gasteiger partial charge in [-0.1, -0.05) is 108 Å². The Morgan fingerprint density at radius 1 is 0.352 bits per heavy atom. The summed E-state index contributed by atoms with van der Waals surface area (Å²) in [5.74, 6) is 0. The molecule has 0 spiro atoms. The predicted octanol–water partition coefficient (Wildman–Crippen LogP) is 14.0. The number of hydrogen-bond donors (Lipinski definition) is 0. The van der Waals surface area contributed by atoms with Crippen molar-refractivity contribution in [3.63, 3.8) is 0 Å². The molecule has 0 amide bonds. The van der Waals surface area contributed by atoms with Crippen molar-refractivity contribution in [1.82, 2.24) is 9.13 Å². The van der Waals surface area contributed by atoms with E-state index in [1.165, 1.54) is 96.7 Å². The van der Waals surface area contributed by atoms with Crippen molar-refractivity contribution in [1.29, 1.82) is 0 Å². The van der Waals surface area contributed by atoms with E-state index in [1.807, 2.05) is 23.5 Å². The fourth-order valence-corrected chi connectivity index (χ4v) is 11.2. The Bertz CT molecular complexity index is 2920. The van der Waals surface area contributed by atoms with E-state index in [1.54, 1.807) is 0 Å². The van der Waals surface area contributed by atoms with Gasteiger partial charge in [-0.25, -0.2) is 0 Å². The van der Waals surface area contributed by atoms with Crippen LogP contribution in [0.15, 0.2) is 177 Å². The van der Waals surface area contributed by atoms with Crippen LogP contribution in [0, 0.1) is 0 Å². The van der Waals surface area contributed by atoms with Crippen molar-refractivity contribution in [3.05, 3.63) is 158 Å². The second-order valence-corrected chi connectivity index (χ2v) is 16.4. The molecule has 0 saturated heterocycles. The molecule has 0 fully saturated rings. The summed E-state index contributed by atoms with van der Waals surface area (Å²) in [7, 11) is 4.50. The van der Waals surface area contributed by atoms with E-state index in [2.05, 4.69) is 191 Å². The Balaban J connectivity index is 1.13. The highest BCUT2D eigenvalue weighted by Gasteiger charge is 2.28. The topological polar surface area (TPSA) is 16.3 Å². The Morgan fingerprint density at radius 2 is 0.685 bits per heavy atom. The molecule has 2 aliphatic heterocycles. The normalized spacial score (nSPS) is 13.5. The highest BCUT2D eigenvalue weighted by molar-refractivity contribution is 8.00. The number of aromatic nitrogens is 2. The molecule has 8 aromatic carbocycles. The van der Waals surface area contributed by atoms with Gasteiger partial charge < -0.3 is 18.9 Å². The van der Waals surface area contributed by atoms with Crippen LogP contribution in [-0.2, 0) is 14.1 Å². The van der Waals surface area contributed by atoms with E-state index in [4.69, 9.17) is 0 Å².